The third kappa shape index (κ3) is 4.37. The molecular weight excluding hydrogens is 338 g/mol. The maximum Gasteiger partial charge on any atom is 0.253 e. The largest absolute Gasteiger partial charge is 0.361 e. The number of H-pyrrole nitrogens is 1. The summed E-state index contributed by atoms with van der Waals surface area (Å²) in [4.78, 5) is 29.5. The van der Waals surface area contributed by atoms with Crippen LogP contribution in [0.5, 0.6) is 0 Å². The van der Waals surface area contributed by atoms with Crippen LogP contribution in [0.4, 0.5) is 0 Å². The van der Waals surface area contributed by atoms with Crippen molar-refractivity contribution in [2.24, 2.45) is 0 Å². The number of para-hydroxylation sites is 1. The molecule has 1 heterocycles. The number of aromatic amines is 1. The van der Waals surface area contributed by atoms with Gasteiger partial charge in [0.25, 0.3) is 5.91 Å². The molecule has 2 aromatic carbocycles. The Morgan fingerprint density at radius 1 is 1.07 bits per heavy atom. The van der Waals surface area contributed by atoms with Gasteiger partial charge in [-0.15, -0.1) is 0 Å². The molecule has 0 aliphatic carbocycles. The number of fused-ring (bicyclic) bond motifs is 1. The van der Waals surface area contributed by atoms with Crippen molar-refractivity contribution in [3.63, 3.8) is 0 Å². The maximum absolute atomic E-state index is 12.3. The highest BCUT2D eigenvalue weighted by atomic mass is 16.2. The summed E-state index contributed by atoms with van der Waals surface area (Å²) < 4.78 is 0. The van der Waals surface area contributed by atoms with Crippen LogP contribution in [-0.2, 0) is 17.8 Å². The lowest BCUT2D eigenvalue weighted by molar-refractivity contribution is -0.120. The van der Waals surface area contributed by atoms with E-state index in [0.717, 1.165) is 22.0 Å². The van der Waals surface area contributed by atoms with E-state index < -0.39 is 0 Å². The van der Waals surface area contributed by atoms with E-state index in [9.17, 15) is 9.59 Å². The fraction of sp³-hybridized carbons (Fsp3) is 0.273. The number of carbonyl (C=O) groups is 2. The molecule has 2 amide bonds. The summed E-state index contributed by atoms with van der Waals surface area (Å²) in [5.41, 5.74) is 3.64. The van der Waals surface area contributed by atoms with Crippen LogP contribution >= 0.6 is 0 Å². The molecule has 0 aliphatic rings. The minimum atomic E-state index is -0.0283. The van der Waals surface area contributed by atoms with Crippen molar-refractivity contribution in [2.45, 2.75) is 32.9 Å². The Hall–Kier alpha value is -3.08. The average molecular weight is 363 g/mol. The predicted octanol–water partition coefficient (Wildman–Crippen LogP) is 3.51. The molecule has 0 spiro atoms. The van der Waals surface area contributed by atoms with E-state index in [1.807, 2.05) is 68.6 Å². The van der Waals surface area contributed by atoms with Crippen molar-refractivity contribution >= 4 is 22.7 Å². The van der Waals surface area contributed by atoms with Crippen molar-refractivity contribution in [1.29, 1.82) is 0 Å². The summed E-state index contributed by atoms with van der Waals surface area (Å²) >= 11 is 0. The van der Waals surface area contributed by atoms with E-state index in [2.05, 4.69) is 10.3 Å². The Morgan fingerprint density at radius 2 is 1.78 bits per heavy atom. The number of aromatic nitrogens is 1. The van der Waals surface area contributed by atoms with Gasteiger partial charge in [0.15, 0.2) is 0 Å². The zero-order valence-corrected chi connectivity index (χ0v) is 16.0. The van der Waals surface area contributed by atoms with E-state index >= 15 is 0 Å². The molecule has 0 atom stereocenters. The highest BCUT2D eigenvalue weighted by molar-refractivity contribution is 5.94. The smallest absolute Gasteiger partial charge is 0.253 e. The van der Waals surface area contributed by atoms with Crippen LogP contribution in [0.1, 0.15) is 35.3 Å². The highest BCUT2D eigenvalue weighted by Gasteiger charge is 2.14. The van der Waals surface area contributed by atoms with E-state index in [0.29, 0.717) is 18.5 Å². The molecule has 5 nitrogen and oxygen atoms in total. The van der Waals surface area contributed by atoms with Gasteiger partial charge in [0, 0.05) is 42.3 Å². The molecule has 5 heteroatoms. The molecule has 2 N–H and O–H groups in total. The molecule has 0 saturated heterocycles. The normalized spacial score (nSPS) is 11.0. The van der Waals surface area contributed by atoms with E-state index in [1.54, 1.807) is 11.9 Å². The van der Waals surface area contributed by atoms with Gasteiger partial charge in [-0.3, -0.25) is 9.59 Å². The number of hydrogen-bond acceptors (Lipinski definition) is 2. The standard InChI is InChI=1S/C22H25N3O2/c1-15(2)25(3)22(27)17-10-8-16(9-11-17)13-24-21(26)12-18-14-23-20-7-5-4-6-19(18)20/h4-11,14-15,23H,12-13H2,1-3H3,(H,24,26). The number of amides is 2. The number of nitrogens with zero attached hydrogens (tertiary/aromatic N) is 1. The molecule has 27 heavy (non-hydrogen) atoms. The van der Waals surface area contributed by atoms with Gasteiger partial charge in [0.2, 0.25) is 5.91 Å². The second-order valence-corrected chi connectivity index (χ2v) is 7.02. The molecule has 0 unspecified atom stereocenters. The molecule has 1 aromatic heterocycles. The molecule has 3 aromatic rings. The van der Waals surface area contributed by atoms with Crippen LogP contribution in [0.2, 0.25) is 0 Å². The SMILES string of the molecule is CC(C)N(C)C(=O)c1ccc(CNC(=O)Cc2c[nH]c3ccccc23)cc1. The van der Waals surface area contributed by atoms with Crippen LogP contribution in [-0.4, -0.2) is 34.8 Å². The third-order valence-corrected chi connectivity index (χ3v) is 4.81. The van der Waals surface area contributed by atoms with Gasteiger partial charge in [-0.1, -0.05) is 30.3 Å². The first-order valence-corrected chi connectivity index (χ1v) is 9.13. The summed E-state index contributed by atoms with van der Waals surface area (Å²) in [5, 5.41) is 4.02. The van der Waals surface area contributed by atoms with E-state index in [4.69, 9.17) is 0 Å². The Labute approximate surface area is 159 Å². The first-order chi connectivity index (χ1) is 13.0. The predicted molar refractivity (Wildman–Crippen MR) is 108 cm³/mol. The zero-order chi connectivity index (χ0) is 19.4. The van der Waals surface area contributed by atoms with Crippen molar-refractivity contribution in [3.05, 3.63) is 71.4 Å². The Kier molecular flexibility index (Phi) is 5.60. The number of benzene rings is 2. The van der Waals surface area contributed by atoms with Crippen molar-refractivity contribution < 1.29 is 9.59 Å². The Morgan fingerprint density at radius 3 is 2.48 bits per heavy atom. The fourth-order valence-corrected chi connectivity index (χ4v) is 2.92. The zero-order valence-electron chi connectivity index (χ0n) is 16.0. The molecule has 0 saturated carbocycles. The molecule has 0 aliphatic heterocycles. The lowest BCUT2D eigenvalue weighted by Gasteiger charge is -2.21. The van der Waals surface area contributed by atoms with Crippen LogP contribution < -0.4 is 5.32 Å². The molecule has 140 valence electrons. The highest BCUT2D eigenvalue weighted by Crippen LogP contribution is 2.18. The minimum absolute atomic E-state index is 0.0000727. The van der Waals surface area contributed by atoms with Gasteiger partial charge < -0.3 is 15.2 Å². The van der Waals surface area contributed by atoms with Gasteiger partial charge in [-0.05, 0) is 43.2 Å². The molecule has 0 radical (unpaired) electrons. The maximum atomic E-state index is 12.3. The van der Waals surface area contributed by atoms with Crippen LogP contribution in [0.3, 0.4) is 0 Å². The van der Waals surface area contributed by atoms with Crippen molar-refractivity contribution in [3.8, 4) is 0 Å². The summed E-state index contributed by atoms with van der Waals surface area (Å²) in [6, 6.07) is 15.5. The number of rotatable bonds is 6. The minimum Gasteiger partial charge on any atom is -0.361 e. The molecule has 0 bridgehead atoms. The van der Waals surface area contributed by atoms with E-state index in [1.165, 1.54) is 0 Å². The van der Waals surface area contributed by atoms with Crippen LogP contribution in [0.15, 0.2) is 54.7 Å². The van der Waals surface area contributed by atoms with Gasteiger partial charge in [-0.2, -0.15) is 0 Å². The Bertz CT molecular complexity index is 942. The molecule has 3 rings (SSSR count). The second kappa shape index (κ2) is 8.08. The van der Waals surface area contributed by atoms with Crippen LogP contribution in [0.25, 0.3) is 10.9 Å². The topological polar surface area (TPSA) is 65.2 Å². The average Bonchev–Trinajstić information content (AvgIpc) is 3.08. The summed E-state index contributed by atoms with van der Waals surface area (Å²) in [6.45, 7) is 4.40. The first kappa shape index (κ1) is 18.7. The fourth-order valence-electron chi connectivity index (χ4n) is 2.92. The van der Waals surface area contributed by atoms with Gasteiger partial charge in [-0.25, -0.2) is 0 Å². The summed E-state index contributed by atoms with van der Waals surface area (Å²) in [7, 11) is 1.80. The third-order valence-electron chi connectivity index (χ3n) is 4.81. The van der Waals surface area contributed by atoms with Gasteiger partial charge in [0.1, 0.15) is 0 Å². The summed E-state index contributed by atoms with van der Waals surface area (Å²) in [6.07, 6.45) is 2.22. The number of carbonyl (C=O) groups excluding carboxylic acids is 2. The quantitative estimate of drug-likeness (QED) is 0.704. The van der Waals surface area contributed by atoms with Crippen molar-refractivity contribution in [1.82, 2.24) is 15.2 Å². The van der Waals surface area contributed by atoms with Gasteiger partial charge >= 0.3 is 0 Å². The second-order valence-electron chi connectivity index (χ2n) is 7.02. The summed E-state index contributed by atoms with van der Waals surface area (Å²) in [5.74, 6) is -0.0284. The molecule has 0 fully saturated rings. The Balaban J connectivity index is 1.57. The van der Waals surface area contributed by atoms with E-state index in [-0.39, 0.29) is 17.9 Å². The molecular formula is C22H25N3O2. The lowest BCUT2D eigenvalue weighted by atomic mass is 10.1. The van der Waals surface area contributed by atoms with Crippen molar-refractivity contribution in [2.75, 3.05) is 7.05 Å². The number of nitrogens with one attached hydrogen (secondary N) is 2. The van der Waals surface area contributed by atoms with Crippen LogP contribution in [0, 0.1) is 0 Å². The van der Waals surface area contributed by atoms with Gasteiger partial charge in [0.05, 0.1) is 6.42 Å². The lowest BCUT2D eigenvalue weighted by Crippen LogP contribution is -2.32. The number of hydrogen-bond donors (Lipinski definition) is 2. The first-order valence-electron chi connectivity index (χ1n) is 9.13. The monoisotopic (exact) mass is 363 g/mol.